The highest BCUT2D eigenvalue weighted by atomic mass is 16.7. The SMILES string of the molecule is CC(C)(NC(=O)Nc1ccccc1)C(=O)ON1C(=O)c2ccccc2C1=O. The summed E-state index contributed by atoms with van der Waals surface area (Å²) < 4.78 is 0. The fraction of sp³-hybridized carbons (Fsp3) is 0.158. The van der Waals surface area contributed by atoms with Gasteiger partial charge in [-0.2, -0.15) is 0 Å². The Morgan fingerprint density at radius 3 is 1.96 bits per heavy atom. The van der Waals surface area contributed by atoms with E-state index >= 15 is 0 Å². The summed E-state index contributed by atoms with van der Waals surface area (Å²) >= 11 is 0. The minimum atomic E-state index is -1.49. The predicted octanol–water partition coefficient (Wildman–Crippen LogP) is 2.34. The first kappa shape index (κ1) is 18.1. The normalized spacial score (nSPS) is 13.2. The molecule has 2 aromatic rings. The molecule has 1 heterocycles. The van der Waals surface area contributed by atoms with E-state index in [4.69, 9.17) is 4.84 Å². The van der Waals surface area contributed by atoms with Crippen molar-refractivity contribution in [3.05, 3.63) is 65.7 Å². The van der Waals surface area contributed by atoms with E-state index < -0.39 is 29.4 Å². The lowest BCUT2D eigenvalue weighted by atomic mass is 10.1. The quantitative estimate of drug-likeness (QED) is 0.807. The number of nitrogens with one attached hydrogen (secondary N) is 2. The molecule has 3 rings (SSSR count). The van der Waals surface area contributed by atoms with Crippen LogP contribution in [0.5, 0.6) is 0 Å². The van der Waals surface area contributed by atoms with E-state index in [1.807, 2.05) is 0 Å². The van der Waals surface area contributed by atoms with Crippen molar-refractivity contribution < 1.29 is 24.0 Å². The van der Waals surface area contributed by atoms with Gasteiger partial charge in [0, 0.05) is 5.69 Å². The van der Waals surface area contributed by atoms with Crippen LogP contribution in [0.15, 0.2) is 54.6 Å². The number of nitrogens with zero attached hydrogens (tertiary/aromatic N) is 1. The van der Waals surface area contributed by atoms with Crippen LogP contribution in [-0.4, -0.2) is 34.4 Å². The Hall–Kier alpha value is -3.68. The molecular formula is C19H17N3O5. The van der Waals surface area contributed by atoms with E-state index in [0.717, 1.165) is 0 Å². The standard InChI is InChI=1S/C19H17N3O5/c1-19(2,21-18(26)20-12-8-4-3-5-9-12)17(25)27-22-15(23)13-10-6-7-11-14(13)16(22)24/h3-11H,1-2H3,(H2,20,21,26). The number of hydroxylamine groups is 2. The van der Waals surface area contributed by atoms with Crippen molar-refractivity contribution in [3.63, 3.8) is 0 Å². The van der Waals surface area contributed by atoms with Gasteiger partial charge in [0.1, 0.15) is 5.54 Å². The van der Waals surface area contributed by atoms with E-state index in [9.17, 15) is 19.2 Å². The number of rotatable bonds is 4. The van der Waals surface area contributed by atoms with Crippen LogP contribution in [0.4, 0.5) is 10.5 Å². The number of benzene rings is 2. The molecule has 0 bridgehead atoms. The zero-order valence-electron chi connectivity index (χ0n) is 14.7. The molecule has 8 heteroatoms. The highest BCUT2D eigenvalue weighted by molar-refractivity contribution is 6.21. The van der Waals surface area contributed by atoms with Crippen molar-refractivity contribution in [2.75, 3.05) is 5.32 Å². The molecule has 0 fully saturated rings. The van der Waals surface area contributed by atoms with Crippen molar-refractivity contribution in [2.24, 2.45) is 0 Å². The Bertz CT molecular complexity index is 889. The molecule has 4 amide bonds. The van der Waals surface area contributed by atoms with Crippen LogP contribution in [0, 0.1) is 0 Å². The second-order valence-electron chi connectivity index (χ2n) is 6.40. The van der Waals surface area contributed by atoms with Crippen LogP contribution >= 0.6 is 0 Å². The van der Waals surface area contributed by atoms with Gasteiger partial charge in [0.05, 0.1) is 11.1 Å². The molecule has 138 valence electrons. The fourth-order valence-electron chi connectivity index (χ4n) is 2.47. The van der Waals surface area contributed by atoms with Gasteiger partial charge in [-0.1, -0.05) is 35.4 Å². The largest absolute Gasteiger partial charge is 0.357 e. The lowest BCUT2D eigenvalue weighted by molar-refractivity contribution is -0.174. The Balaban J connectivity index is 1.66. The number of fused-ring (bicyclic) bond motifs is 1. The summed E-state index contributed by atoms with van der Waals surface area (Å²) in [5.74, 6) is -2.41. The van der Waals surface area contributed by atoms with E-state index in [0.29, 0.717) is 10.8 Å². The number of para-hydroxylation sites is 1. The van der Waals surface area contributed by atoms with E-state index in [1.165, 1.54) is 26.0 Å². The zero-order valence-corrected chi connectivity index (χ0v) is 14.7. The first-order valence-corrected chi connectivity index (χ1v) is 8.14. The third kappa shape index (κ3) is 3.64. The summed E-state index contributed by atoms with van der Waals surface area (Å²) in [6, 6.07) is 14.2. The molecule has 0 radical (unpaired) electrons. The maximum Gasteiger partial charge on any atom is 0.357 e. The average molecular weight is 367 g/mol. The van der Waals surface area contributed by atoms with Gasteiger partial charge in [-0.15, -0.1) is 0 Å². The van der Waals surface area contributed by atoms with E-state index in [1.54, 1.807) is 42.5 Å². The second-order valence-corrected chi connectivity index (χ2v) is 6.40. The average Bonchev–Trinajstić information content (AvgIpc) is 2.87. The molecule has 0 unspecified atom stereocenters. The Labute approximate surface area is 155 Å². The van der Waals surface area contributed by atoms with Crippen LogP contribution < -0.4 is 10.6 Å². The lowest BCUT2D eigenvalue weighted by Gasteiger charge is -2.25. The number of anilines is 1. The number of amides is 4. The van der Waals surface area contributed by atoms with Crippen LogP contribution in [0.3, 0.4) is 0 Å². The summed E-state index contributed by atoms with van der Waals surface area (Å²) in [5, 5.41) is 5.44. The van der Waals surface area contributed by atoms with Gasteiger partial charge < -0.3 is 15.5 Å². The van der Waals surface area contributed by atoms with Gasteiger partial charge in [-0.25, -0.2) is 9.59 Å². The molecule has 8 nitrogen and oxygen atoms in total. The van der Waals surface area contributed by atoms with Crippen molar-refractivity contribution >= 4 is 29.5 Å². The molecule has 1 aliphatic heterocycles. The Kier molecular flexibility index (Phi) is 4.64. The highest BCUT2D eigenvalue weighted by Gasteiger charge is 2.42. The molecule has 0 saturated carbocycles. The maximum atomic E-state index is 12.4. The zero-order chi connectivity index (χ0) is 19.6. The second kappa shape index (κ2) is 6.91. The van der Waals surface area contributed by atoms with Crippen LogP contribution in [-0.2, 0) is 9.63 Å². The molecular weight excluding hydrogens is 350 g/mol. The molecule has 0 spiro atoms. The molecule has 0 aromatic heterocycles. The summed E-state index contributed by atoms with van der Waals surface area (Å²) in [7, 11) is 0. The molecule has 0 saturated heterocycles. The summed E-state index contributed by atoms with van der Waals surface area (Å²) in [5.41, 5.74) is -0.640. The topological polar surface area (TPSA) is 105 Å². The van der Waals surface area contributed by atoms with Crippen LogP contribution in [0.25, 0.3) is 0 Å². The number of urea groups is 1. The van der Waals surface area contributed by atoms with Gasteiger partial charge in [-0.3, -0.25) is 9.59 Å². The van der Waals surface area contributed by atoms with Crippen LogP contribution in [0.2, 0.25) is 0 Å². The monoisotopic (exact) mass is 367 g/mol. The number of hydrogen-bond donors (Lipinski definition) is 2. The van der Waals surface area contributed by atoms with Gasteiger partial charge in [0.25, 0.3) is 11.8 Å². The van der Waals surface area contributed by atoms with Crippen LogP contribution in [0.1, 0.15) is 34.6 Å². The number of imide groups is 1. The van der Waals surface area contributed by atoms with Crippen molar-refractivity contribution in [3.8, 4) is 0 Å². The number of carbonyl (C=O) groups is 4. The van der Waals surface area contributed by atoms with E-state index in [-0.39, 0.29) is 11.1 Å². The van der Waals surface area contributed by atoms with Gasteiger partial charge >= 0.3 is 12.0 Å². The third-order valence-corrected chi connectivity index (χ3v) is 3.90. The smallest absolute Gasteiger partial charge is 0.327 e. The molecule has 2 aromatic carbocycles. The number of carbonyl (C=O) groups excluding carboxylic acids is 4. The summed E-state index contributed by atoms with van der Waals surface area (Å²) in [4.78, 5) is 54.0. The lowest BCUT2D eigenvalue weighted by Crippen LogP contribution is -2.54. The molecule has 0 atom stereocenters. The molecule has 0 aliphatic carbocycles. The summed E-state index contributed by atoms with van der Waals surface area (Å²) in [6.07, 6.45) is 0. The third-order valence-electron chi connectivity index (χ3n) is 3.90. The minimum Gasteiger partial charge on any atom is -0.327 e. The predicted molar refractivity (Wildman–Crippen MR) is 95.7 cm³/mol. The first-order chi connectivity index (χ1) is 12.8. The maximum absolute atomic E-state index is 12.4. The minimum absolute atomic E-state index is 0.155. The van der Waals surface area contributed by atoms with Crippen molar-refractivity contribution in [1.82, 2.24) is 10.4 Å². The van der Waals surface area contributed by atoms with Gasteiger partial charge in [0.15, 0.2) is 0 Å². The molecule has 27 heavy (non-hydrogen) atoms. The Morgan fingerprint density at radius 1 is 0.889 bits per heavy atom. The fourth-order valence-corrected chi connectivity index (χ4v) is 2.47. The Morgan fingerprint density at radius 2 is 1.41 bits per heavy atom. The van der Waals surface area contributed by atoms with Crippen molar-refractivity contribution in [1.29, 1.82) is 0 Å². The molecule has 1 aliphatic rings. The summed E-state index contributed by atoms with van der Waals surface area (Å²) in [6.45, 7) is 2.80. The van der Waals surface area contributed by atoms with Crippen molar-refractivity contribution in [2.45, 2.75) is 19.4 Å². The first-order valence-electron chi connectivity index (χ1n) is 8.14. The highest BCUT2D eigenvalue weighted by Crippen LogP contribution is 2.23. The van der Waals surface area contributed by atoms with Gasteiger partial charge in [-0.05, 0) is 38.1 Å². The molecule has 2 N–H and O–H groups in total. The van der Waals surface area contributed by atoms with E-state index in [2.05, 4.69) is 10.6 Å². The van der Waals surface area contributed by atoms with Gasteiger partial charge in [0.2, 0.25) is 0 Å². The number of hydrogen-bond acceptors (Lipinski definition) is 5.